The molecule has 0 saturated carbocycles. The topological polar surface area (TPSA) is 82.2 Å². The van der Waals surface area contributed by atoms with Gasteiger partial charge in [-0.25, -0.2) is 4.79 Å². The number of urea groups is 1. The van der Waals surface area contributed by atoms with E-state index in [0.29, 0.717) is 42.3 Å². The molecule has 8 heteroatoms. The Balaban J connectivity index is 1.32. The molecule has 0 unspecified atom stereocenters. The molecule has 8 nitrogen and oxygen atoms in total. The molecule has 3 aliphatic heterocycles. The van der Waals surface area contributed by atoms with E-state index in [1.54, 1.807) is 11.9 Å². The van der Waals surface area contributed by atoms with E-state index in [1.165, 1.54) is 4.90 Å². The third kappa shape index (κ3) is 5.42. The van der Waals surface area contributed by atoms with Crippen LogP contribution in [0.4, 0.5) is 4.79 Å². The lowest BCUT2D eigenvalue weighted by molar-refractivity contribution is -0.143. The summed E-state index contributed by atoms with van der Waals surface area (Å²) in [5.41, 5.74) is 2.85. The molecule has 4 amide bonds. The summed E-state index contributed by atoms with van der Waals surface area (Å²) in [7, 11) is 1.67. The van der Waals surface area contributed by atoms with Crippen LogP contribution in [0.25, 0.3) is 0 Å². The van der Waals surface area contributed by atoms with Crippen LogP contribution in [0.2, 0.25) is 0 Å². The molecule has 3 aromatic rings. The Hall–Kier alpha value is -4.59. The zero-order valence-electron chi connectivity index (χ0n) is 23.2. The second kappa shape index (κ2) is 11.5. The monoisotopic (exact) mass is 550 g/mol. The SMILES string of the molecule is CN1C(=O)N[C@H](c2cccc(Oc3ccccc3)c2)C2=C1CN([C@@H](Cc1ccccc1)C(=O)N1CCCCC1)C2=O. The highest BCUT2D eigenvalue weighted by Crippen LogP contribution is 2.38. The molecule has 0 radical (unpaired) electrons. The van der Waals surface area contributed by atoms with Crippen molar-refractivity contribution in [3.05, 3.63) is 107 Å². The van der Waals surface area contributed by atoms with Crippen LogP contribution in [0.3, 0.4) is 0 Å². The van der Waals surface area contributed by atoms with Gasteiger partial charge >= 0.3 is 6.03 Å². The van der Waals surface area contributed by atoms with Crippen LogP contribution >= 0.6 is 0 Å². The molecule has 1 N–H and O–H groups in total. The fourth-order valence-electron chi connectivity index (χ4n) is 5.97. The van der Waals surface area contributed by atoms with Crippen molar-refractivity contribution in [3.8, 4) is 11.5 Å². The summed E-state index contributed by atoms with van der Waals surface area (Å²) in [5, 5.41) is 3.01. The van der Waals surface area contributed by atoms with Crippen LogP contribution in [-0.2, 0) is 16.0 Å². The fraction of sp³-hybridized carbons (Fsp3) is 0.303. The molecule has 210 valence electrons. The van der Waals surface area contributed by atoms with Crippen LogP contribution < -0.4 is 10.1 Å². The lowest BCUT2D eigenvalue weighted by atomic mass is 9.95. The Labute approximate surface area is 240 Å². The number of ether oxygens (including phenoxy) is 1. The van der Waals surface area contributed by atoms with Gasteiger partial charge in [-0.3, -0.25) is 14.5 Å². The predicted molar refractivity (Wildman–Crippen MR) is 155 cm³/mol. The van der Waals surface area contributed by atoms with Gasteiger partial charge in [0.1, 0.15) is 17.5 Å². The molecule has 1 saturated heterocycles. The van der Waals surface area contributed by atoms with Gasteiger partial charge in [-0.15, -0.1) is 0 Å². The Morgan fingerprint density at radius 3 is 2.32 bits per heavy atom. The first kappa shape index (κ1) is 26.6. The van der Waals surface area contributed by atoms with E-state index >= 15 is 0 Å². The standard InChI is InChI=1S/C33H34N4O4/c1-35-28-22-37(27(20-23-12-5-2-6-13-23)31(38)36-18-9-4-10-19-36)32(39)29(28)30(34-33(35)40)24-14-11-17-26(21-24)41-25-15-7-3-8-16-25/h2-3,5-8,11-17,21,27,30H,4,9-10,18-20,22H2,1H3,(H,34,40)/t27-,30+/m0/s1. The number of rotatable bonds is 7. The molecular formula is C33H34N4O4. The van der Waals surface area contributed by atoms with E-state index in [1.807, 2.05) is 89.8 Å². The normalized spacial score (nSPS) is 19.6. The van der Waals surface area contributed by atoms with E-state index in [4.69, 9.17) is 4.74 Å². The van der Waals surface area contributed by atoms with Gasteiger partial charge in [0.15, 0.2) is 0 Å². The fourth-order valence-corrected chi connectivity index (χ4v) is 5.97. The number of para-hydroxylation sites is 1. The smallest absolute Gasteiger partial charge is 0.322 e. The third-order valence-electron chi connectivity index (χ3n) is 8.16. The highest BCUT2D eigenvalue weighted by atomic mass is 16.5. The predicted octanol–water partition coefficient (Wildman–Crippen LogP) is 4.90. The maximum absolute atomic E-state index is 14.3. The maximum Gasteiger partial charge on any atom is 0.322 e. The van der Waals surface area contributed by atoms with Crippen molar-refractivity contribution < 1.29 is 19.1 Å². The third-order valence-corrected chi connectivity index (χ3v) is 8.16. The minimum absolute atomic E-state index is 0.0292. The second-order valence-corrected chi connectivity index (χ2v) is 10.8. The maximum atomic E-state index is 14.3. The zero-order chi connectivity index (χ0) is 28.3. The van der Waals surface area contributed by atoms with Gasteiger partial charge in [0.2, 0.25) is 5.91 Å². The van der Waals surface area contributed by atoms with E-state index < -0.39 is 12.1 Å². The number of likely N-dealkylation sites (tertiary alicyclic amines) is 1. The van der Waals surface area contributed by atoms with E-state index in [2.05, 4.69) is 5.32 Å². The number of hydrogen-bond donors (Lipinski definition) is 1. The van der Waals surface area contributed by atoms with Crippen LogP contribution in [0.15, 0.2) is 96.2 Å². The Kier molecular flexibility index (Phi) is 7.46. The van der Waals surface area contributed by atoms with Crippen LogP contribution in [-0.4, -0.2) is 65.3 Å². The van der Waals surface area contributed by atoms with Crippen molar-refractivity contribution in [2.45, 2.75) is 37.8 Å². The molecule has 0 bridgehead atoms. The Morgan fingerprint density at radius 2 is 1.59 bits per heavy atom. The first-order valence-electron chi connectivity index (χ1n) is 14.2. The molecule has 41 heavy (non-hydrogen) atoms. The van der Waals surface area contributed by atoms with Crippen LogP contribution in [0.5, 0.6) is 11.5 Å². The number of carbonyl (C=O) groups is 3. The zero-order valence-corrected chi connectivity index (χ0v) is 23.2. The number of nitrogens with zero attached hydrogens (tertiary/aromatic N) is 3. The molecule has 0 aliphatic carbocycles. The molecule has 6 rings (SSSR count). The van der Waals surface area contributed by atoms with E-state index in [0.717, 1.165) is 30.4 Å². The number of carbonyl (C=O) groups excluding carboxylic acids is 3. The first-order chi connectivity index (χ1) is 20.0. The molecule has 0 spiro atoms. The first-order valence-corrected chi connectivity index (χ1v) is 14.2. The van der Waals surface area contributed by atoms with Gasteiger partial charge < -0.3 is 19.9 Å². The number of likely N-dealkylation sites (N-methyl/N-ethyl adjacent to an activating group) is 1. The second-order valence-electron chi connectivity index (χ2n) is 10.8. The van der Waals surface area contributed by atoms with Crippen molar-refractivity contribution in [1.82, 2.24) is 20.0 Å². The molecule has 3 aromatic carbocycles. The highest BCUT2D eigenvalue weighted by Gasteiger charge is 2.47. The minimum Gasteiger partial charge on any atom is -0.457 e. The minimum atomic E-state index is -0.662. The number of piperidine rings is 1. The Morgan fingerprint density at radius 1 is 0.902 bits per heavy atom. The van der Waals surface area contributed by atoms with Gasteiger partial charge in [0.05, 0.1) is 23.9 Å². The summed E-state index contributed by atoms with van der Waals surface area (Å²) in [6.07, 6.45) is 3.46. The van der Waals surface area contributed by atoms with Gasteiger partial charge in [0, 0.05) is 26.6 Å². The van der Waals surface area contributed by atoms with Gasteiger partial charge in [-0.2, -0.15) is 0 Å². The summed E-state index contributed by atoms with van der Waals surface area (Å²) < 4.78 is 6.04. The lowest BCUT2D eigenvalue weighted by Crippen LogP contribution is -2.52. The number of amides is 4. The molecular weight excluding hydrogens is 516 g/mol. The largest absolute Gasteiger partial charge is 0.457 e. The van der Waals surface area contributed by atoms with Gasteiger partial charge in [0.25, 0.3) is 5.91 Å². The van der Waals surface area contributed by atoms with Gasteiger partial charge in [-0.05, 0) is 54.7 Å². The van der Waals surface area contributed by atoms with Crippen molar-refractivity contribution >= 4 is 17.8 Å². The summed E-state index contributed by atoms with van der Waals surface area (Å²) in [6, 6.07) is 25.1. The quantitative estimate of drug-likeness (QED) is 0.454. The van der Waals surface area contributed by atoms with Crippen molar-refractivity contribution in [2.75, 3.05) is 26.7 Å². The summed E-state index contributed by atoms with van der Waals surface area (Å²) in [6.45, 7) is 1.61. The summed E-state index contributed by atoms with van der Waals surface area (Å²) in [4.78, 5) is 46.4. The van der Waals surface area contributed by atoms with E-state index in [9.17, 15) is 14.4 Å². The van der Waals surface area contributed by atoms with Crippen molar-refractivity contribution in [3.63, 3.8) is 0 Å². The van der Waals surface area contributed by atoms with Crippen molar-refractivity contribution in [1.29, 1.82) is 0 Å². The molecule has 3 heterocycles. The lowest BCUT2D eigenvalue weighted by Gasteiger charge is -2.35. The molecule has 3 aliphatic rings. The van der Waals surface area contributed by atoms with Gasteiger partial charge in [-0.1, -0.05) is 60.7 Å². The molecule has 0 aromatic heterocycles. The number of benzene rings is 3. The summed E-state index contributed by atoms with van der Waals surface area (Å²) in [5.74, 6) is 1.05. The number of hydrogen-bond acceptors (Lipinski definition) is 4. The van der Waals surface area contributed by atoms with Crippen molar-refractivity contribution in [2.24, 2.45) is 0 Å². The van der Waals surface area contributed by atoms with E-state index in [-0.39, 0.29) is 24.4 Å². The average molecular weight is 551 g/mol. The number of nitrogens with one attached hydrogen (secondary N) is 1. The molecule has 2 atom stereocenters. The van der Waals surface area contributed by atoms with Crippen LogP contribution in [0.1, 0.15) is 36.4 Å². The summed E-state index contributed by atoms with van der Waals surface area (Å²) >= 11 is 0. The van der Waals surface area contributed by atoms with Crippen LogP contribution in [0, 0.1) is 0 Å². The Bertz CT molecular complexity index is 1470. The average Bonchev–Trinajstić information content (AvgIpc) is 3.36. The highest BCUT2D eigenvalue weighted by molar-refractivity contribution is 6.03. The molecule has 1 fully saturated rings.